The molecule has 2 aromatic carbocycles. The van der Waals surface area contributed by atoms with E-state index in [1.54, 1.807) is 19.1 Å². The first kappa shape index (κ1) is 20.0. The molecular weight excluding hydrogens is 455 g/mol. The van der Waals surface area contributed by atoms with Crippen LogP contribution in [0.2, 0.25) is 10.0 Å². The highest BCUT2D eigenvalue weighted by Crippen LogP contribution is 2.37. The highest BCUT2D eigenvalue weighted by molar-refractivity contribution is 9.10. The summed E-state index contributed by atoms with van der Waals surface area (Å²) in [5.41, 5.74) is 0. The summed E-state index contributed by atoms with van der Waals surface area (Å²) < 4.78 is 36.2. The summed E-state index contributed by atoms with van der Waals surface area (Å²) in [6.07, 6.45) is 0.660. The van der Waals surface area contributed by atoms with Gasteiger partial charge in [-0.3, -0.25) is 4.79 Å². The number of benzene rings is 2. The highest BCUT2D eigenvalue weighted by atomic mass is 79.9. The molecule has 0 aliphatic rings. The van der Waals surface area contributed by atoms with Crippen LogP contribution in [-0.4, -0.2) is 14.4 Å². The molecule has 0 bridgehead atoms. The van der Waals surface area contributed by atoms with Crippen molar-refractivity contribution in [2.75, 3.05) is 0 Å². The fourth-order valence-electron chi connectivity index (χ4n) is 1.85. The van der Waals surface area contributed by atoms with E-state index in [1.165, 1.54) is 18.2 Å². The third-order valence-corrected chi connectivity index (χ3v) is 5.21. The van der Waals surface area contributed by atoms with E-state index in [9.17, 15) is 13.2 Å². The minimum atomic E-state index is -4.32. The molecule has 0 amide bonds. The van der Waals surface area contributed by atoms with E-state index < -0.39 is 21.0 Å². The van der Waals surface area contributed by atoms with Crippen LogP contribution < -0.4 is 8.92 Å². The predicted octanol–water partition coefficient (Wildman–Crippen LogP) is 5.23. The summed E-state index contributed by atoms with van der Waals surface area (Å²) in [4.78, 5) is 11.4. The number of carbonyl (C=O) groups is 1. The van der Waals surface area contributed by atoms with Crippen LogP contribution in [0.4, 0.5) is 0 Å². The fourth-order valence-corrected chi connectivity index (χ4v) is 3.87. The highest BCUT2D eigenvalue weighted by Gasteiger charge is 2.27. The maximum Gasteiger partial charge on any atom is 0.343 e. The number of rotatable bonds is 6. The second-order valence-corrected chi connectivity index (χ2v) is 8.20. The van der Waals surface area contributed by atoms with Gasteiger partial charge >= 0.3 is 16.1 Å². The summed E-state index contributed by atoms with van der Waals surface area (Å²) in [6.45, 7) is 1.79. The molecule has 0 heterocycles. The second kappa shape index (κ2) is 8.40. The van der Waals surface area contributed by atoms with Gasteiger partial charge in [0.1, 0.15) is 5.75 Å². The lowest BCUT2D eigenvalue weighted by molar-refractivity contribution is -0.134. The monoisotopic (exact) mass is 466 g/mol. The zero-order valence-corrected chi connectivity index (χ0v) is 16.9. The van der Waals surface area contributed by atoms with Gasteiger partial charge in [-0.2, -0.15) is 8.42 Å². The second-order valence-electron chi connectivity index (χ2n) is 4.93. The molecular formula is C16H13BrCl2O5S. The topological polar surface area (TPSA) is 69.7 Å². The summed E-state index contributed by atoms with van der Waals surface area (Å²) >= 11 is 15.2. The van der Waals surface area contributed by atoms with E-state index in [2.05, 4.69) is 15.9 Å². The third kappa shape index (κ3) is 5.34. The first-order valence-corrected chi connectivity index (χ1v) is 10.1. The number of hydrogen-bond donors (Lipinski definition) is 0. The van der Waals surface area contributed by atoms with Crippen LogP contribution >= 0.6 is 39.1 Å². The van der Waals surface area contributed by atoms with Crippen LogP contribution in [0.15, 0.2) is 45.8 Å². The molecule has 134 valence electrons. The first-order valence-electron chi connectivity index (χ1n) is 7.12. The Morgan fingerprint density at radius 3 is 2.40 bits per heavy atom. The largest absolute Gasteiger partial charge is 0.423 e. The van der Waals surface area contributed by atoms with Crippen LogP contribution in [0.1, 0.15) is 19.8 Å². The van der Waals surface area contributed by atoms with Crippen molar-refractivity contribution in [3.8, 4) is 11.5 Å². The van der Waals surface area contributed by atoms with E-state index in [4.69, 9.17) is 32.1 Å². The van der Waals surface area contributed by atoms with Crippen LogP contribution in [0, 0.1) is 0 Å². The molecule has 0 aliphatic carbocycles. The van der Waals surface area contributed by atoms with Crippen LogP contribution in [0.25, 0.3) is 0 Å². The molecule has 0 saturated carbocycles. The Kier molecular flexibility index (Phi) is 6.73. The average Bonchev–Trinajstić information content (AvgIpc) is 2.52. The van der Waals surface area contributed by atoms with Gasteiger partial charge in [0.15, 0.2) is 10.6 Å². The van der Waals surface area contributed by atoms with Crippen molar-refractivity contribution in [3.63, 3.8) is 0 Å². The molecule has 5 nitrogen and oxygen atoms in total. The van der Waals surface area contributed by atoms with Crippen molar-refractivity contribution < 1.29 is 22.1 Å². The Labute approximate surface area is 164 Å². The number of halogens is 3. The van der Waals surface area contributed by atoms with E-state index in [0.29, 0.717) is 6.42 Å². The van der Waals surface area contributed by atoms with Crippen LogP contribution in [0.3, 0.4) is 0 Å². The summed E-state index contributed by atoms with van der Waals surface area (Å²) in [5, 5.41) is -0.0341. The molecule has 2 rings (SSSR count). The molecule has 25 heavy (non-hydrogen) atoms. The van der Waals surface area contributed by atoms with Crippen molar-refractivity contribution in [1.29, 1.82) is 0 Å². The quantitative estimate of drug-likeness (QED) is 0.330. The zero-order valence-electron chi connectivity index (χ0n) is 13.0. The predicted molar refractivity (Wildman–Crippen MR) is 99.0 cm³/mol. The number of esters is 1. The Balaban J connectivity index is 2.44. The van der Waals surface area contributed by atoms with Crippen LogP contribution in [-0.2, 0) is 14.9 Å². The Morgan fingerprint density at radius 2 is 1.80 bits per heavy atom. The van der Waals surface area contributed by atoms with Crippen molar-refractivity contribution in [3.05, 3.63) is 50.9 Å². The summed E-state index contributed by atoms with van der Waals surface area (Å²) in [5.74, 6) is -0.821. The molecule has 0 saturated heterocycles. The molecule has 9 heteroatoms. The van der Waals surface area contributed by atoms with Gasteiger partial charge in [0, 0.05) is 15.9 Å². The lowest BCUT2D eigenvalue weighted by Gasteiger charge is -2.13. The smallest absolute Gasteiger partial charge is 0.343 e. The molecule has 0 aromatic heterocycles. The van der Waals surface area contributed by atoms with Crippen molar-refractivity contribution >= 4 is 55.2 Å². The van der Waals surface area contributed by atoms with E-state index in [0.717, 1.165) is 10.5 Å². The van der Waals surface area contributed by atoms with Gasteiger partial charge in [0.05, 0.1) is 5.02 Å². The number of ether oxygens (including phenoxy) is 1. The van der Waals surface area contributed by atoms with Gasteiger partial charge < -0.3 is 8.92 Å². The minimum Gasteiger partial charge on any atom is -0.423 e. The molecule has 0 aliphatic heterocycles. The van der Waals surface area contributed by atoms with Crippen molar-refractivity contribution in [2.24, 2.45) is 0 Å². The van der Waals surface area contributed by atoms with Gasteiger partial charge in [-0.15, -0.1) is 0 Å². The normalized spacial score (nSPS) is 11.2. The Morgan fingerprint density at radius 1 is 1.16 bits per heavy atom. The first-order chi connectivity index (χ1) is 11.7. The average molecular weight is 468 g/mol. The van der Waals surface area contributed by atoms with Crippen molar-refractivity contribution in [2.45, 2.75) is 24.7 Å². The molecule has 0 atom stereocenters. The minimum absolute atomic E-state index is 0.0678. The molecule has 0 spiro atoms. The lowest BCUT2D eigenvalue weighted by atomic mass is 10.3. The standard InChI is InChI=1S/C16H13BrCl2O5S/c1-2-3-15(20)23-16-13(19)8-11(18)9-14(16)25(21,22)24-12-6-4-10(17)5-7-12/h4-9H,2-3H2,1H3. The van der Waals surface area contributed by atoms with E-state index in [1.807, 2.05) is 0 Å². The van der Waals surface area contributed by atoms with Gasteiger partial charge in [0.25, 0.3) is 0 Å². The lowest BCUT2D eigenvalue weighted by Crippen LogP contribution is -2.15. The number of hydrogen-bond acceptors (Lipinski definition) is 5. The SMILES string of the molecule is CCCC(=O)Oc1c(Cl)cc(Cl)cc1S(=O)(=O)Oc1ccc(Br)cc1. The molecule has 2 aromatic rings. The van der Waals surface area contributed by atoms with Gasteiger partial charge in [-0.25, -0.2) is 0 Å². The molecule has 0 radical (unpaired) electrons. The molecule has 0 unspecified atom stereocenters. The maximum absolute atomic E-state index is 12.6. The van der Waals surface area contributed by atoms with Crippen LogP contribution in [0.5, 0.6) is 11.5 Å². The molecule has 0 N–H and O–H groups in total. The molecule has 0 fully saturated rings. The van der Waals surface area contributed by atoms with E-state index >= 15 is 0 Å². The Hall–Kier alpha value is -1.28. The Bertz CT molecular complexity index is 882. The zero-order chi connectivity index (χ0) is 18.6. The van der Waals surface area contributed by atoms with Gasteiger partial charge in [0.2, 0.25) is 0 Å². The third-order valence-electron chi connectivity index (χ3n) is 2.93. The van der Waals surface area contributed by atoms with E-state index in [-0.39, 0.29) is 28.0 Å². The van der Waals surface area contributed by atoms with Crippen molar-refractivity contribution in [1.82, 2.24) is 0 Å². The van der Waals surface area contributed by atoms with Gasteiger partial charge in [-0.1, -0.05) is 46.1 Å². The van der Waals surface area contributed by atoms with Gasteiger partial charge in [-0.05, 0) is 42.8 Å². The number of carbonyl (C=O) groups excluding carboxylic acids is 1. The maximum atomic E-state index is 12.6. The fraction of sp³-hybridized carbons (Fsp3) is 0.188. The summed E-state index contributed by atoms with van der Waals surface area (Å²) in [7, 11) is -4.32. The summed E-state index contributed by atoms with van der Waals surface area (Å²) in [6, 6.07) is 8.59.